The van der Waals surface area contributed by atoms with Gasteiger partial charge >= 0.3 is 0 Å². The van der Waals surface area contributed by atoms with Crippen molar-refractivity contribution >= 4 is 76.7 Å². The zero-order valence-corrected chi connectivity index (χ0v) is 34.4. The first-order chi connectivity index (χ1) is 29.1. The molecule has 0 saturated heterocycles. The summed E-state index contributed by atoms with van der Waals surface area (Å²) in [7, 11) is 0. The van der Waals surface area contributed by atoms with Crippen molar-refractivity contribution in [1.29, 1.82) is 0 Å². The SMILES string of the molecule is C/C=C\C=C/c1ccc2c3ccccc3c3c(c2c1)c1ccccc1n3C1=CC=C(Cc2cc3ccccc3c3ccccc23)CC1.C=CC(N)c1ccccc1.CC. The van der Waals surface area contributed by atoms with Gasteiger partial charge in [0.15, 0.2) is 0 Å². The Labute approximate surface area is 348 Å². The average molecular weight is 765 g/mol. The number of para-hydroxylation sites is 1. The lowest BCUT2D eigenvalue weighted by Gasteiger charge is -2.20. The van der Waals surface area contributed by atoms with E-state index in [1.165, 1.54) is 87.3 Å². The molecule has 0 spiro atoms. The summed E-state index contributed by atoms with van der Waals surface area (Å²) in [6, 6.07) is 54.8. The van der Waals surface area contributed by atoms with Crippen LogP contribution in [0.25, 0.3) is 76.7 Å². The van der Waals surface area contributed by atoms with Gasteiger partial charge in [0, 0.05) is 27.9 Å². The van der Waals surface area contributed by atoms with Crippen LogP contribution in [0.15, 0.2) is 200 Å². The summed E-state index contributed by atoms with van der Waals surface area (Å²) in [4.78, 5) is 0. The number of fused-ring (bicyclic) bond motifs is 11. The lowest BCUT2D eigenvalue weighted by atomic mass is 9.90. The van der Waals surface area contributed by atoms with Crippen molar-refractivity contribution in [2.75, 3.05) is 0 Å². The van der Waals surface area contributed by atoms with Crippen molar-refractivity contribution in [3.63, 3.8) is 0 Å². The number of nitrogens with zero attached hydrogens (tertiary/aromatic N) is 1. The fourth-order valence-electron chi connectivity index (χ4n) is 8.71. The van der Waals surface area contributed by atoms with Gasteiger partial charge in [0.05, 0.1) is 11.0 Å². The van der Waals surface area contributed by atoms with Crippen molar-refractivity contribution in [1.82, 2.24) is 4.57 Å². The van der Waals surface area contributed by atoms with Gasteiger partial charge < -0.3 is 10.3 Å². The molecule has 1 heterocycles. The van der Waals surface area contributed by atoms with Crippen LogP contribution in [0.4, 0.5) is 0 Å². The van der Waals surface area contributed by atoms with Gasteiger partial charge in [-0.1, -0.05) is 195 Å². The molecule has 8 aromatic carbocycles. The summed E-state index contributed by atoms with van der Waals surface area (Å²) in [5, 5.41) is 13.2. The zero-order valence-electron chi connectivity index (χ0n) is 34.4. The summed E-state index contributed by atoms with van der Waals surface area (Å²) in [6.45, 7) is 9.67. The van der Waals surface area contributed by atoms with E-state index in [4.69, 9.17) is 5.73 Å². The lowest BCUT2D eigenvalue weighted by Crippen LogP contribution is -2.05. The monoisotopic (exact) mass is 764 g/mol. The third-order valence-corrected chi connectivity index (χ3v) is 11.5. The van der Waals surface area contributed by atoms with Crippen LogP contribution in [-0.2, 0) is 6.42 Å². The van der Waals surface area contributed by atoms with Crippen LogP contribution in [0.2, 0.25) is 0 Å². The highest BCUT2D eigenvalue weighted by molar-refractivity contribution is 6.32. The first kappa shape index (κ1) is 39.1. The van der Waals surface area contributed by atoms with E-state index in [0.29, 0.717) is 0 Å². The first-order valence-corrected chi connectivity index (χ1v) is 21.0. The third kappa shape index (κ3) is 7.68. The highest BCUT2D eigenvalue weighted by Crippen LogP contribution is 2.44. The summed E-state index contributed by atoms with van der Waals surface area (Å²) in [5.41, 5.74) is 14.9. The molecular formula is C57H52N2. The van der Waals surface area contributed by atoms with Crippen LogP contribution >= 0.6 is 0 Å². The second-order valence-electron chi connectivity index (χ2n) is 14.9. The topological polar surface area (TPSA) is 30.9 Å². The number of aromatic nitrogens is 1. The quantitative estimate of drug-likeness (QED) is 0.0978. The largest absolute Gasteiger partial charge is 0.321 e. The zero-order chi connectivity index (χ0) is 40.7. The molecule has 59 heavy (non-hydrogen) atoms. The molecular weight excluding hydrogens is 713 g/mol. The molecule has 0 bridgehead atoms. The van der Waals surface area contributed by atoms with Crippen molar-refractivity contribution in [3.05, 3.63) is 217 Å². The van der Waals surface area contributed by atoms with Crippen LogP contribution in [-0.4, -0.2) is 4.57 Å². The Balaban J connectivity index is 0.000000352. The smallest absolute Gasteiger partial charge is 0.0622 e. The summed E-state index contributed by atoms with van der Waals surface area (Å²) >= 11 is 0. The van der Waals surface area contributed by atoms with Gasteiger partial charge in [-0.25, -0.2) is 0 Å². The van der Waals surface area contributed by atoms with Gasteiger partial charge in [-0.05, 0) is 98.8 Å². The number of benzene rings is 8. The fraction of sp³-hybridized carbons (Fsp3) is 0.123. The molecule has 0 saturated carbocycles. The van der Waals surface area contributed by atoms with Crippen LogP contribution in [0.3, 0.4) is 0 Å². The van der Waals surface area contributed by atoms with E-state index in [9.17, 15) is 0 Å². The van der Waals surface area contributed by atoms with E-state index in [0.717, 1.165) is 24.8 Å². The minimum Gasteiger partial charge on any atom is -0.321 e. The molecule has 0 radical (unpaired) electrons. The molecule has 290 valence electrons. The van der Waals surface area contributed by atoms with Gasteiger partial charge in [0.2, 0.25) is 0 Å². The van der Waals surface area contributed by atoms with Gasteiger partial charge in [-0.2, -0.15) is 0 Å². The molecule has 2 heteroatoms. The maximum absolute atomic E-state index is 5.68. The molecule has 1 aliphatic carbocycles. The number of hydrogen-bond acceptors (Lipinski definition) is 1. The lowest BCUT2D eigenvalue weighted by molar-refractivity contribution is 0.893. The molecule has 2 N–H and O–H groups in total. The Morgan fingerprint density at radius 1 is 0.610 bits per heavy atom. The summed E-state index contributed by atoms with van der Waals surface area (Å²) in [6.07, 6.45) is 18.0. The van der Waals surface area contributed by atoms with E-state index >= 15 is 0 Å². The van der Waals surface area contributed by atoms with Crippen LogP contribution < -0.4 is 5.73 Å². The number of hydrogen-bond donors (Lipinski definition) is 1. The van der Waals surface area contributed by atoms with Gasteiger partial charge in [0.25, 0.3) is 0 Å². The predicted molar refractivity (Wildman–Crippen MR) is 260 cm³/mol. The van der Waals surface area contributed by atoms with Crippen LogP contribution in [0.1, 0.15) is 56.3 Å². The molecule has 10 rings (SSSR count). The third-order valence-electron chi connectivity index (χ3n) is 11.5. The van der Waals surface area contributed by atoms with Crippen molar-refractivity contribution in [3.8, 4) is 0 Å². The van der Waals surface area contributed by atoms with Gasteiger partial charge in [0.1, 0.15) is 0 Å². The normalized spacial score (nSPS) is 13.4. The Bertz CT molecular complexity index is 3080. The molecule has 0 aliphatic heterocycles. The van der Waals surface area contributed by atoms with E-state index in [1.807, 2.05) is 44.2 Å². The minimum atomic E-state index is -0.0267. The molecule has 2 nitrogen and oxygen atoms in total. The molecule has 9 aromatic rings. The van der Waals surface area contributed by atoms with Crippen molar-refractivity contribution in [2.45, 2.75) is 46.1 Å². The van der Waals surface area contributed by atoms with Gasteiger partial charge in [-0.3, -0.25) is 0 Å². The second kappa shape index (κ2) is 17.8. The first-order valence-electron chi connectivity index (χ1n) is 21.0. The molecule has 1 unspecified atom stereocenters. The maximum Gasteiger partial charge on any atom is 0.0622 e. The number of allylic oxidation sites excluding steroid dienone is 7. The Hall–Kier alpha value is -6.74. The maximum atomic E-state index is 5.68. The number of nitrogens with two attached hydrogens (primary N) is 1. The molecule has 0 amide bonds. The highest BCUT2D eigenvalue weighted by atomic mass is 15.0. The van der Waals surface area contributed by atoms with Crippen LogP contribution in [0, 0.1) is 0 Å². The fourth-order valence-corrected chi connectivity index (χ4v) is 8.71. The Kier molecular flexibility index (Phi) is 11.8. The Morgan fingerprint density at radius 3 is 1.95 bits per heavy atom. The standard InChI is InChI=1S/C46H35N.C9H11N.C2H6/c1-2-3-4-13-31-24-27-40-39-18-9-10-19-41(39)46-45(43(40)29-31)42-20-11-12-21-44(42)47(46)35-25-22-32(23-26-35)28-34-30-33-14-5-6-15-36(33)38-17-8-7-16-37(34)38;1-2-9(10)8-6-4-3-5-7-8;1-2/h2-22,24-25,27,29-30H,23,26,28H2,1H3;2-7,9H,1,10H2;1-2H3/b3-2-,13-4-;;. The highest BCUT2D eigenvalue weighted by Gasteiger charge is 2.21. The minimum absolute atomic E-state index is 0.0267. The summed E-state index contributed by atoms with van der Waals surface area (Å²) in [5.74, 6) is 0. The molecule has 0 fully saturated rings. The molecule has 1 aromatic heterocycles. The second-order valence-corrected chi connectivity index (χ2v) is 14.9. The molecule has 1 aliphatic rings. The van der Waals surface area contributed by atoms with Crippen molar-refractivity contribution < 1.29 is 0 Å². The van der Waals surface area contributed by atoms with Crippen LogP contribution in [0.5, 0.6) is 0 Å². The van der Waals surface area contributed by atoms with Gasteiger partial charge in [-0.15, -0.1) is 6.58 Å². The molecule has 1 atom stereocenters. The average Bonchev–Trinajstić information content (AvgIpc) is 3.66. The Morgan fingerprint density at radius 2 is 1.24 bits per heavy atom. The van der Waals surface area contributed by atoms with E-state index in [1.54, 1.807) is 6.08 Å². The number of rotatable bonds is 7. The van der Waals surface area contributed by atoms with E-state index in [-0.39, 0.29) is 6.04 Å². The van der Waals surface area contributed by atoms with E-state index in [2.05, 4.69) is 176 Å². The van der Waals surface area contributed by atoms with Crippen molar-refractivity contribution in [2.24, 2.45) is 5.73 Å². The predicted octanol–water partition coefficient (Wildman–Crippen LogP) is 15.7. The summed E-state index contributed by atoms with van der Waals surface area (Å²) < 4.78 is 2.56. The van der Waals surface area contributed by atoms with E-state index < -0.39 is 0 Å².